The fraction of sp³-hybridized carbons (Fsp3) is 0.571. The molecule has 132 valence electrons. The van der Waals surface area contributed by atoms with Gasteiger partial charge in [0.1, 0.15) is 18.9 Å². The molecule has 0 aliphatic carbocycles. The number of alkyl halides is 3. The molecule has 1 aliphatic rings. The molecule has 0 saturated carbocycles. The first-order valence-electron chi connectivity index (χ1n) is 7.24. The Bertz CT molecular complexity index is 665. The van der Waals surface area contributed by atoms with Crippen LogP contribution in [0.25, 0.3) is 0 Å². The third kappa shape index (κ3) is 3.05. The molecule has 2 heterocycles. The highest BCUT2D eigenvalue weighted by atomic mass is 19.4. The highest BCUT2D eigenvalue weighted by Gasteiger charge is 2.54. The molecule has 0 spiro atoms. The average Bonchev–Trinajstić information content (AvgIpc) is 2.72. The number of carboxylic acid groups (broad SMARTS) is 1. The molecule has 2 rings (SSSR count). The fourth-order valence-corrected chi connectivity index (χ4v) is 2.96. The minimum absolute atomic E-state index is 0.0906. The van der Waals surface area contributed by atoms with Gasteiger partial charge in [-0.05, 0) is 0 Å². The largest absolute Gasteiger partial charge is 0.548 e. The quantitative estimate of drug-likeness (QED) is 0.747. The lowest BCUT2D eigenvalue weighted by Gasteiger charge is -2.30. The van der Waals surface area contributed by atoms with E-state index in [-0.39, 0.29) is 24.8 Å². The van der Waals surface area contributed by atoms with Gasteiger partial charge in [0.25, 0.3) is 0 Å². The molecule has 2 amide bonds. The molecule has 10 heteroatoms. The molecule has 2 unspecified atom stereocenters. The number of aliphatic carboxylic acids is 1. The fourth-order valence-electron chi connectivity index (χ4n) is 2.96. The van der Waals surface area contributed by atoms with Gasteiger partial charge in [-0.2, -0.15) is 22.6 Å². The standard InChI is InChI=1S/C14H17F3N4O3/c1-8(2)5-21(6-9(12(22)23)20(3)13(21)24)11-4-10(14(15,16)17)18-7-19-11/h4,7-9H,5-6H2,1-3H3. The molecule has 7 nitrogen and oxygen atoms in total. The van der Waals surface area contributed by atoms with Crippen LogP contribution in [0.2, 0.25) is 0 Å². The molecule has 1 aromatic heterocycles. The Balaban J connectivity index is 2.58. The van der Waals surface area contributed by atoms with Crippen molar-refractivity contribution in [2.75, 3.05) is 20.1 Å². The van der Waals surface area contributed by atoms with Crippen LogP contribution in [-0.4, -0.2) is 53.0 Å². The van der Waals surface area contributed by atoms with Crippen LogP contribution in [0.1, 0.15) is 19.5 Å². The number of rotatable bonds is 4. The molecule has 0 aromatic carbocycles. The van der Waals surface area contributed by atoms with Crippen molar-refractivity contribution in [3.8, 4) is 0 Å². The summed E-state index contributed by atoms with van der Waals surface area (Å²) in [4.78, 5) is 32.0. The second-order valence-corrected chi connectivity index (χ2v) is 6.21. The minimum atomic E-state index is -4.69. The lowest BCUT2D eigenvalue weighted by atomic mass is 10.1. The van der Waals surface area contributed by atoms with Gasteiger partial charge in [0, 0.05) is 13.0 Å². The molecule has 1 aliphatic heterocycles. The van der Waals surface area contributed by atoms with E-state index in [1.807, 2.05) is 0 Å². The maximum absolute atomic E-state index is 12.9. The van der Waals surface area contributed by atoms with E-state index < -0.39 is 34.4 Å². The zero-order valence-electron chi connectivity index (χ0n) is 13.4. The number of carboxylic acids is 1. The molecule has 1 aromatic rings. The van der Waals surface area contributed by atoms with Gasteiger partial charge in [-0.1, -0.05) is 13.8 Å². The van der Waals surface area contributed by atoms with Gasteiger partial charge in [0.05, 0.1) is 18.6 Å². The summed E-state index contributed by atoms with van der Waals surface area (Å²) in [5.41, 5.74) is -1.18. The van der Waals surface area contributed by atoms with Crippen molar-refractivity contribution in [3.63, 3.8) is 0 Å². The third-order valence-corrected chi connectivity index (χ3v) is 3.95. The van der Waals surface area contributed by atoms with E-state index in [1.54, 1.807) is 13.8 Å². The first-order chi connectivity index (χ1) is 11.0. The summed E-state index contributed by atoms with van der Waals surface area (Å²) < 4.78 is 38.2. The van der Waals surface area contributed by atoms with E-state index >= 15 is 0 Å². The first kappa shape index (κ1) is 18.1. The Morgan fingerprint density at radius 3 is 2.54 bits per heavy atom. The van der Waals surface area contributed by atoms with Crippen LogP contribution in [0.15, 0.2) is 12.4 Å². The number of nitrogens with zero attached hydrogens (tertiary/aromatic N) is 4. The Kier molecular flexibility index (Phi) is 4.53. The number of urea groups is 1. The van der Waals surface area contributed by atoms with Gasteiger partial charge < -0.3 is 9.90 Å². The predicted octanol–water partition coefficient (Wildman–Crippen LogP) is 0.643. The number of amides is 2. The van der Waals surface area contributed by atoms with Crippen molar-refractivity contribution in [1.29, 1.82) is 0 Å². The highest BCUT2D eigenvalue weighted by Crippen LogP contribution is 2.35. The Morgan fingerprint density at radius 2 is 2.08 bits per heavy atom. The van der Waals surface area contributed by atoms with Gasteiger partial charge in [-0.3, -0.25) is 4.90 Å². The molecular weight excluding hydrogens is 329 g/mol. The van der Waals surface area contributed by atoms with E-state index in [9.17, 15) is 27.9 Å². The van der Waals surface area contributed by atoms with Crippen molar-refractivity contribution in [2.24, 2.45) is 5.92 Å². The average molecular weight is 346 g/mol. The van der Waals surface area contributed by atoms with E-state index in [0.717, 1.165) is 11.2 Å². The van der Waals surface area contributed by atoms with Crippen LogP contribution in [0.3, 0.4) is 0 Å². The molecular formula is C14H17F3N4O3. The van der Waals surface area contributed by atoms with Gasteiger partial charge >= 0.3 is 12.2 Å². The summed E-state index contributed by atoms with van der Waals surface area (Å²) in [6.45, 7) is 3.43. The van der Waals surface area contributed by atoms with Crippen LogP contribution in [-0.2, 0) is 11.0 Å². The number of carbonyl (C=O) groups excluding carboxylic acids is 2. The topological polar surface area (TPSA) is 86.2 Å². The van der Waals surface area contributed by atoms with E-state index in [4.69, 9.17) is 0 Å². The number of likely N-dealkylation sites (N-methyl/N-ethyl adjacent to an activating group) is 1. The van der Waals surface area contributed by atoms with Crippen LogP contribution < -0.4 is 9.59 Å². The molecule has 0 N–H and O–H groups in total. The normalized spacial score (nSPS) is 24.7. The SMILES string of the molecule is CC(C)C[N+]1(c2cc(C(F)(F)F)ncn2)CC(C(=O)[O-])N(C)C1=O. The molecule has 2 atom stereocenters. The minimum Gasteiger partial charge on any atom is -0.548 e. The van der Waals surface area contributed by atoms with Crippen molar-refractivity contribution in [1.82, 2.24) is 19.4 Å². The number of aromatic nitrogens is 2. The Morgan fingerprint density at radius 1 is 1.46 bits per heavy atom. The summed E-state index contributed by atoms with van der Waals surface area (Å²) in [5, 5.41) is 11.3. The number of carbonyl (C=O) groups is 2. The van der Waals surface area contributed by atoms with E-state index in [1.165, 1.54) is 7.05 Å². The summed E-state index contributed by atoms with van der Waals surface area (Å²) >= 11 is 0. The molecule has 24 heavy (non-hydrogen) atoms. The third-order valence-electron chi connectivity index (χ3n) is 3.95. The van der Waals surface area contributed by atoms with Gasteiger partial charge in [0.2, 0.25) is 5.82 Å². The second kappa shape index (κ2) is 6.00. The number of hydrogen-bond acceptors (Lipinski definition) is 5. The highest BCUT2D eigenvalue weighted by molar-refractivity contribution is 5.93. The lowest BCUT2D eigenvalue weighted by molar-refractivity contribution is -0.309. The zero-order valence-corrected chi connectivity index (χ0v) is 13.4. The molecule has 1 saturated heterocycles. The van der Waals surface area contributed by atoms with Crippen LogP contribution in [0.4, 0.5) is 23.8 Å². The van der Waals surface area contributed by atoms with Crippen LogP contribution in [0.5, 0.6) is 0 Å². The molecule has 0 bridgehead atoms. The monoisotopic (exact) mass is 346 g/mol. The van der Waals surface area contributed by atoms with Crippen LogP contribution in [0, 0.1) is 5.92 Å². The maximum atomic E-state index is 12.9. The number of quaternary nitrogens is 1. The Labute approximate surface area is 136 Å². The smallest absolute Gasteiger partial charge is 0.433 e. The van der Waals surface area contributed by atoms with Crippen molar-refractivity contribution < 1.29 is 27.9 Å². The summed E-state index contributed by atoms with van der Waals surface area (Å²) in [7, 11) is 1.29. The summed E-state index contributed by atoms with van der Waals surface area (Å²) in [5.74, 6) is -1.72. The number of halogens is 3. The molecule has 0 radical (unpaired) electrons. The number of hydrogen-bond donors (Lipinski definition) is 0. The predicted molar refractivity (Wildman–Crippen MR) is 75.4 cm³/mol. The van der Waals surface area contributed by atoms with E-state index in [2.05, 4.69) is 9.97 Å². The zero-order chi connectivity index (χ0) is 18.3. The van der Waals surface area contributed by atoms with Gasteiger partial charge in [-0.15, -0.1) is 0 Å². The van der Waals surface area contributed by atoms with E-state index in [0.29, 0.717) is 6.07 Å². The van der Waals surface area contributed by atoms with Crippen LogP contribution >= 0.6 is 0 Å². The summed E-state index contributed by atoms with van der Waals surface area (Å²) in [6, 6.07) is -1.17. The van der Waals surface area contributed by atoms with Crippen molar-refractivity contribution in [2.45, 2.75) is 26.1 Å². The Hall–Kier alpha value is -2.23. The lowest BCUT2D eigenvalue weighted by Crippen LogP contribution is -2.55. The first-order valence-corrected chi connectivity index (χ1v) is 7.24. The van der Waals surface area contributed by atoms with Crippen molar-refractivity contribution in [3.05, 3.63) is 18.1 Å². The summed E-state index contributed by atoms with van der Waals surface area (Å²) in [6.07, 6.45) is -3.96. The van der Waals surface area contributed by atoms with Gasteiger partial charge in [0.15, 0.2) is 5.69 Å². The van der Waals surface area contributed by atoms with Gasteiger partial charge in [-0.25, -0.2) is 9.78 Å². The molecule has 1 fully saturated rings. The second-order valence-electron chi connectivity index (χ2n) is 6.21. The maximum Gasteiger partial charge on any atom is 0.433 e. The van der Waals surface area contributed by atoms with Crippen molar-refractivity contribution >= 4 is 17.8 Å².